The van der Waals surface area contributed by atoms with Crippen LogP contribution in [0, 0.1) is 0 Å². The summed E-state index contributed by atoms with van der Waals surface area (Å²) in [6, 6.07) is 21.6. The highest BCUT2D eigenvalue weighted by atomic mass is 35.5. The first-order chi connectivity index (χ1) is 18.9. The maximum atomic E-state index is 12.5. The molecule has 1 N–H and O–H groups in total. The smallest absolute Gasteiger partial charge is 0.357 e. The largest absolute Gasteiger partial charge is 0.437 e. The minimum atomic E-state index is -0.443. The summed E-state index contributed by atoms with van der Waals surface area (Å²) in [6.07, 6.45) is 1.69. The number of pyridine rings is 2. The number of aromatic nitrogens is 2. The molecule has 10 heteroatoms. The maximum Gasteiger partial charge on any atom is 0.357 e. The molecule has 0 atom stereocenters. The number of piperazine rings is 1. The summed E-state index contributed by atoms with van der Waals surface area (Å²) < 4.78 is 6.12. The van der Waals surface area contributed by atoms with E-state index in [2.05, 4.69) is 15.2 Å². The van der Waals surface area contributed by atoms with Crippen molar-refractivity contribution in [3.63, 3.8) is 0 Å². The molecule has 1 aliphatic rings. The standard InChI is InChI=1S/C29H27Cl2N5O3/c1-35(39-29(37)21-5-3-2-4-6-21)19-20-13-26(22-15-23(30)17-24(31)16-22)34-28(14-20)38-25-7-8-27(33-18-25)36-11-9-32-10-12-36/h2-8,13-18,32H,9-12,19H2,1H3. The third-order valence-corrected chi connectivity index (χ3v) is 6.49. The van der Waals surface area contributed by atoms with Gasteiger partial charge in [-0.2, -0.15) is 0 Å². The second-order valence-corrected chi connectivity index (χ2v) is 9.95. The lowest BCUT2D eigenvalue weighted by molar-refractivity contribution is -0.0966. The van der Waals surface area contributed by atoms with Gasteiger partial charge in [0, 0.05) is 54.9 Å². The van der Waals surface area contributed by atoms with E-state index in [1.807, 2.05) is 24.3 Å². The third-order valence-electron chi connectivity index (χ3n) is 6.06. The van der Waals surface area contributed by atoms with Crippen LogP contribution in [0.1, 0.15) is 15.9 Å². The number of benzene rings is 2. The molecule has 0 unspecified atom stereocenters. The molecule has 2 aromatic carbocycles. The molecule has 0 spiro atoms. The molecule has 4 aromatic rings. The number of halogens is 2. The first kappa shape index (κ1) is 26.9. The lowest BCUT2D eigenvalue weighted by Crippen LogP contribution is -2.43. The van der Waals surface area contributed by atoms with Gasteiger partial charge in [-0.1, -0.05) is 41.4 Å². The van der Waals surface area contributed by atoms with Gasteiger partial charge in [0.2, 0.25) is 5.88 Å². The lowest BCUT2D eigenvalue weighted by atomic mass is 10.1. The third kappa shape index (κ3) is 7.25. The zero-order valence-corrected chi connectivity index (χ0v) is 22.8. The van der Waals surface area contributed by atoms with Gasteiger partial charge in [-0.25, -0.2) is 14.8 Å². The predicted molar refractivity (Wildman–Crippen MR) is 152 cm³/mol. The van der Waals surface area contributed by atoms with E-state index in [4.69, 9.17) is 37.8 Å². The van der Waals surface area contributed by atoms with E-state index in [0.717, 1.165) is 43.1 Å². The molecule has 2 aromatic heterocycles. The molecule has 1 fully saturated rings. The van der Waals surface area contributed by atoms with E-state index < -0.39 is 5.97 Å². The number of nitrogens with one attached hydrogen (secondary N) is 1. The summed E-state index contributed by atoms with van der Waals surface area (Å²) >= 11 is 12.5. The first-order valence-corrected chi connectivity index (χ1v) is 13.2. The zero-order valence-electron chi connectivity index (χ0n) is 21.3. The zero-order chi connectivity index (χ0) is 27.2. The minimum absolute atomic E-state index is 0.291. The molecule has 1 saturated heterocycles. The molecule has 0 aliphatic carbocycles. The monoisotopic (exact) mass is 563 g/mol. The molecular weight excluding hydrogens is 537 g/mol. The van der Waals surface area contributed by atoms with Gasteiger partial charge in [-0.15, -0.1) is 5.06 Å². The fourth-order valence-electron chi connectivity index (χ4n) is 4.24. The molecule has 0 amide bonds. The van der Waals surface area contributed by atoms with Crippen LogP contribution in [0.2, 0.25) is 10.0 Å². The van der Waals surface area contributed by atoms with Crippen molar-refractivity contribution in [1.82, 2.24) is 20.3 Å². The van der Waals surface area contributed by atoms with Crippen molar-refractivity contribution in [1.29, 1.82) is 0 Å². The number of ether oxygens (including phenoxy) is 1. The summed E-state index contributed by atoms with van der Waals surface area (Å²) in [7, 11) is 1.69. The number of anilines is 1. The van der Waals surface area contributed by atoms with Gasteiger partial charge in [-0.3, -0.25) is 0 Å². The van der Waals surface area contributed by atoms with Gasteiger partial charge in [0.05, 0.1) is 24.0 Å². The molecule has 5 rings (SSSR count). The summed E-state index contributed by atoms with van der Waals surface area (Å²) in [5.74, 6) is 1.37. The maximum absolute atomic E-state index is 12.5. The van der Waals surface area contributed by atoms with Gasteiger partial charge >= 0.3 is 5.97 Å². The highest BCUT2D eigenvalue weighted by Gasteiger charge is 2.15. The number of rotatable bonds is 8. The van der Waals surface area contributed by atoms with Gasteiger partial charge < -0.3 is 19.8 Å². The Morgan fingerprint density at radius 1 is 1.00 bits per heavy atom. The second-order valence-electron chi connectivity index (χ2n) is 9.08. The first-order valence-electron chi connectivity index (χ1n) is 12.5. The highest BCUT2D eigenvalue weighted by Crippen LogP contribution is 2.30. The summed E-state index contributed by atoms with van der Waals surface area (Å²) in [4.78, 5) is 29.5. The van der Waals surface area contributed by atoms with E-state index >= 15 is 0 Å². The van der Waals surface area contributed by atoms with E-state index in [1.54, 1.807) is 61.8 Å². The van der Waals surface area contributed by atoms with Crippen LogP contribution in [-0.4, -0.2) is 54.2 Å². The van der Waals surface area contributed by atoms with Crippen LogP contribution in [0.15, 0.2) is 79.0 Å². The number of hydrogen-bond donors (Lipinski definition) is 1. The van der Waals surface area contributed by atoms with E-state index in [0.29, 0.717) is 39.5 Å². The predicted octanol–water partition coefficient (Wildman–Crippen LogP) is 5.86. The fraction of sp³-hybridized carbons (Fsp3) is 0.207. The van der Waals surface area contributed by atoms with Crippen LogP contribution in [0.3, 0.4) is 0 Å². The molecule has 0 bridgehead atoms. The van der Waals surface area contributed by atoms with E-state index in [9.17, 15) is 4.79 Å². The average molecular weight is 564 g/mol. The molecule has 1 aliphatic heterocycles. The van der Waals surface area contributed by atoms with Crippen LogP contribution < -0.4 is 15.0 Å². The van der Waals surface area contributed by atoms with Crippen molar-refractivity contribution in [3.05, 3.63) is 100 Å². The summed E-state index contributed by atoms with van der Waals surface area (Å²) in [5, 5.41) is 5.80. The van der Waals surface area contributed by atoms with Crippen molar-refractivity contribution in [3.8, 4) is 22.9 Å². The molecular formula is C29H27Cl2N5O3. The topological polar surface area (TPSA) is 79.8 Å². The average Bonchev–Trinajstić information content (AvgIpc) is 2.94. The van der Waals surface area contributed by atoms with Gasteiger partial charge in [0.25, 0.3) is 0 Å². The van der Waals surface area contributed by atoms with Crippen LogP contribution in [0.4, 0.5) is 5.82 Å². The number of carbonyl (C=O) groups is 1. The Hall–Kier alpha value is -3.69. The Balaban J connectivity index is 1.38. The number of nitrogens with zero attached hydrogens (tertiary/aromatic N) is 4. The summed E-state index contributed by atoms with van der Waals surface area (Å²) in [5.41, 5.74) is 2.62. The van der Waals surface area contributed by atoms with Crippen molar-refractivity contribution in [2.24, 2.45) is 0 Å². The quantitative estimate of drug-likeness (QED) is 0.267. The number of carbonyl (C=O) groups excluding carboxylic acids is 1. The fourth-order valence-corrected chi connectivity index (χ4v) is 4.77. The van der Waals surface area contributed by atoms with Crippen LogP contribution in [0.25, 0.3) is 11.3 Å². The van der Waals surface area contributed by atoms with E-state index in [1.165, 1.54) is 5.06 Å². The van der Waals surface area contributed by atoms with Gasteiger partial charge in [-0.05, 0) is 54.1 Å². The van der Waals surface area contributed by atoms with Crippen molar-refractivity contribution < 1.29 is 14.4 Å². The lowest BCUT2D eigenvalue weighted by Gasteiger charge is -2.28. The van der Waals surface area contributed by atoms with Crippen molar-refractivity contribution in [2.45, 2.75) is 6.54 Å². The number of hydrogen-bond acceptors (Lipinski definition) is 8. The number of hydroxylamine groups is 2. The molecule has 8 nitrogen and oxygen atoms in total. The summed E-state index contributed by atoms with van der Waals surface area (Å²) in [6.45, 7) is 3.97. The van der Waals surface area contributed by atoms with Gasteiger partial charge in [0.1, 0.15) is 11.6 Å². The van der Waals surface area contributed by atoms with Crippen LogP contribution >= 0.6 is 23.2 Å². The highest BCUT2D eigenvalue weighted by molar-refractivity contribution is 6.35. The van der Waals surface area contributed by atoms with Crippen LogP contribution in [0.5, 0.6) is 11.6 Å². The molecule has 3 heterocycles. The Morgan fingerprint density at radius 3 is 2.44 bits per heavy atom. The van der Waals surface area contributed by atoms with Crippen molar-refractivity contribution in [2.75, 3.05) is 38.1 Å². The Kier molecular flexibility index (Phi) is 8.58. The molecule has 39 heavy (non-hydrogen) atoms. The van der Waals surface area contributed by atoms with Crippen LogP contribution in [-0.2, 0) is 11.4 Å². The molecule has 0 saturated carbocycles. The van der Waals surface area contributed by atoms with Crippen molar-refractivity contribution >= 4 is 35.0 Å². The SMILES string of the molecule is CN(Cc1cc(Oc2ccc(N3CCNCC3)nc2)nc(-c2cc(Cl)cc(Cl)c2)c1)OC(=O)c1ccccc1. The second kappa shape index (κ2) is 12.4. The molecule has 0 radical (unpaired) electrons. The van der Waals surface area contributed by atoms with E-state index in [-0.39, 0.29) is 0 Å². The Bertz CT molecular complexity index is 1410. The Morgan fingerprint density at radius 2 is 1.74 bits per heavy atom. The normalized spacial score (nSPS) is 13.4. The van der Waals surface area contributed by atoms with Gasteiger partial charge in [0.15, 0.2) is 0 Å². The molecule has 200 valence electrons. The Labute approximate surface area is 237 Å². The minimum Gasteiger partial charge on any atom is -0.437 e.